The van der Waals surface area contributed by atoms with Gasteiger partial charge in [0.05, 0.1) is 13.0 Å². The zero-order valence-corrected chi connectivity index (χ0v) is 15.0. The smallest absolute Gasteiger partial charge is 0.230 e. The van der Waals surface area contributed by atoms with E-state index in [4.69, 9.17) is 4.74 Å². The van der Waals surface area contributed by atoms with Crippen molar-refractivity contribution in [3.63, 3.8) is 0 Å². The van der Waals surface area contributed by atoms with Gasteiger partial charge in [-0.05, 0) is 36.2 Å². The van der Waals surface area contributed by atoms with Gasteiger partial charge in [0.25, 0.3) is 0 Å². The number of amides is 1. The number of hydrogen-bond acceptors (Lipinski definition) is 3. The van der Waals surface area contributed by atoms with Crippen LogP contribution in [0.3, 0.4) is 0 Å². The molecule has 4 nitrogen and oxygen atoms in total. The average Bonchev–Trinajstić information content (AvgIpc) is 2.69. The molecule has 2 aromatic rings. The van der Waals surface area contributed by atoms with Gasteiger partial charge in [-0.1, -0.05) is 37.3 Å². The van der Waals surface area contributed by atoms with Crippen LogP contribution < -0.4 is 9.64 Å². The molecule has 0 radical (unpaired) electrons. The second kappa shape index (κ2) is 8.06. The van der Waals surface area contributed by atoms with Gasteiger partial charge < -0.3 is 14.5 Å². The predicted molar refractivity (Wildman–Crippen MR) is 101 cm³/mol. The normalized spacial score (nSPS) is 15.8. The molecular weight excluding hydrogens is 312 g/mol. The second-order valence-corrected chi connectivity index (χ2v) is 6.38. The van der Waals surface area contributed by atoms with E-state index in [1.807, 2.05) is 35.2 Å². The number of methoxy groups -OCH3 is 1. The molecule has 0 aliphatic carbocycles. The van der Waals surface area contributed by atoms with Crippen LogP contribution in [-0.2, 0) is 4.79 Å². The highest BCUT2D eigenvalue weighted by molar-refractivity contribution is 5.84. The molecule has 0 spiro atoms. The van der Waals surface area contributed by atoms with Gasteiger partial charge in [0, 0.05) is 31.9 Å². The minimum atomic E-state index is -0.0336. The zero-order valence-electron chi connectivity index (χ0n) is 15.0. The molecule has 1 aliphatic rings. The third kappa shape index (κ3) is 3.95. The summed E-state index contributed by atoms with van der Waals surface area (Å²) in [5, 5.41) is 0. The number of hydrogen-bond donors (Lipinski definition) is 0. The van der Waals surface area contributed by atoms with E-state index in [1.165, 1.54) is 5.69 Å². The van der Waals surface area contributed by atoms with E-state index in [0.717, 1.165) is 43.9 Å². The van der Waals surface area contributed by atoms with E-state index in [2.05, 4.69) is 36.1 Å². The van der Waals surface area contributed by atoms with Gasteiger partial charge >= 0.3 is 0 Å². The molecule has 1 atom stereocenters. The van der Waals surface area contributed by atoms with E-state index < -0.39 is 0 Å². The average molecular weight is 338 g/mol. The van der Waals surface area contributed by atoms with Crippen molar-refractivity contribution in [3.05, 3.63) is 60.2 Å². The molecule has 3 rings (SSSR count). The lowest BCUT2D eigenvalue weighted by Gasteiger charge is -2.37. The molecule has 132 valence electrons. The van der Waals surface area contributed by atoms with E-state index in [1.54, 1.807) is 7.11 Å². The summed E-state index contributed by atoms with van der Waals surface area (Å²) in [4.78, 5) is 17.3. The molecule has 1 unspecified atom stereocenters. The van der Waals surface area contributed by atoms with Crippen LogP contribution in [0.15, 0.2) is 54.6 Å². The SMILES string of the molecule is CCC(C(=O)N1CCN(c2ccc(OC)cc2)CC1)c1ccccc1. The Balaban J connectivity index is 1.62. The first-order valence-electron chi connectivity index (χ1n) is 8.95. The van der Waals surface area contributed by atoms with Crippen molar-refractivity contribution < 1.29 is 9.53 Å². The summed E-state index contributed by atoms with van der Waals surface area (Å²) < 4.78 is 5.21. The monoisotopic (exact) mass is 338 g/mol. The fourth-order valence-electron chi connectivity index (χ4n) is 3.44. The number of rotatable bonds is 5. The minimum absolute atomic E-state index is 0.0336. The summed E-state index contributed by atoms with van der Waals surface area (Å²) >= 11 is 0. The molecule has 1 aliphatic heterocycles. The Morgan fingerprint density at radius 2 is 1.64 bits per heavy atom. The largest absolute Gasteiger partial charge is 0.497 e. The fourth-order valence-corrected chi connectivity index (χ4v) is 3.44. The number of benzene rings is 2. The molecule has 1 saturated heterocycles. The molecule has 25 heavy (non-hydrogen) atoms. The van der Waals surface area contributed by atoms with Crippen LogP contribution >= 0.6 is 0 Å². The van der Waals surface area contributed by atoms with Crippen molar-refractivity contribution in [2.24, 2.45) is 0 Å². The van der Waals surface area contributed by atoms with E-state index in [9.17, 15) is 4.79 Å². The molecule has 1 amide bonds. The number of carbonyl (C=O) groups is 1. The lowest BCUT2D eigenvalue weighted by molar-refractivity contribution is -0.133. The highest BCUT2D eigenvalue weighted by Gasteiger charge is 2.27. The summed E-state index contributed by atoms with van der Waals surface area (Å²) in [5.41, 5.74) is 2.30. The van der Waals surface area contributed by atoms with Crippen molar-refractivity contribution in [1.82, 2.24) is 4.90 Å². The van der Waals surface area contributed by atoms with Crippen molar-refractivity contribution in [1.29, 1.82) is 0 Å². The third-order valence-electron chi connectivity index (χ3n) is 4.94. The first-order valence-corrected chi connectivity index (χ1v) is 8.95. The summed E-state index contributed by atoms with van der Waals surface area (Å²) in [6.07, 6.45) is 0.835. The Labute approximate surface area is 150 Å². The Bertz CT molecular complexity index is 677. The summed E-state index contributed by atoms with van der Waals surface area (Å²) in [6, 6.07) is 18.2. The molecule has 1 fully saturated rings. The van der Waals surface area contributed by atoms with Gasteiger partial charge in [0.15, 0.2) is 0 Å². The van der Waals surface area contributed by atoms with Crippen molar-refractivity contribution in [2.45, 2.75) is 19.3 Å². The molecule has 0 N–H and O–H groups in total. The molecule has 1 heterocycles. The summed E-state index contributed by atoms with van der Waals surface area (Å²) in [7, 11) is 1.68. The van der Waals surface area contributed by atoms with Crippen molar-refractivity contribution in [3.8, 4) is 5.75 Å². The first-order chi connectivity index (χ1) is 12.2. The Hall–Kier alpha value is -2.49. The van der Waals surface area contributed by atoms with Gasteiger partial charge in [-0.3, -0.25) is 4.79 Å². The maximum Gasteiger partial charge on any atom is 0.230 e. The second-order valence-electron chi connectivity index (χ2n) is 6.38. The van der Waals surface area contributed by atoms with Crippen LogP contribution in [0.4, 0.5) is 5.69 Å². The number of ether oxygens (including phenoxy) is 1. The topological polar surface area (TPSA) is 32.8 Å². The molecule has 2 aromatic carbocycles. The first kappa shape index (κ1) is 17.3. The van der Waals surface area contributed by atoms with Crippen molar-refractivity contribution in [2.75, 3.05) is 38.2 Å². The van der Waals surface area contributed by atoms with Gasteiger partial charge in [0.2, 0.25) is 5.91 Å². The van der Waals surface area contributed by atoms with Crippen molar-refractivity contribution >= 4 is 11.6 Å². The Morgan fingerprint density at radius 1 is 1.00 bits per heavy atom. The molecule has 0 saturated carbocycles. The lowest BCUT2D eigenvalue weighted by Crippen LogP contribution is -2.50. The maximum absolute atomic E-state index is 12.9. The van der Waals surface area contributed by atoms with Crippen LogP contribution in [0.2, 0.25) is 0 Å². The van der Waals surface area contributed by atoms with E-state index in [-0.39, 0.29) is 11.8 Å². The summed E-state index contributed by atoms with van der Waals surface area (Å²) in [6.45, 7) is 5.36. The number of anilines is 1. The van der Waals surface area contributed by atoms with E-state index in [0.29, 0.717) is 0 Å². The standard InChI is InChI=1S/C21H26N2O2/c1-3-20(17-7-5-4-6-8-17)21(24)23-15-13-22(14-16-23)18-9-11-19(25-2)12-10-18/h4-12,20H,3,13-16H2,1-2H3. The van der Waals surface area contributed by atoms with Crippen LogP contribution in [-0.4, -0.2) is 44.1 Å². The third-order valence-corrected chi connectivity index (χ3v) is 4.94. The fraction of sp³-hybridized carbons (Fsp3) is 0.381. The van der Waals surface area contributed by atoms with Crippen LogP contribution in [0.1, 0.15) is 24.8 Å². The van der Waals surface area contributed by atoms with Gasteiger partial charge in [0.1, 0.15) is 5.75 Å². The number of piperazine rings is 1. The molecule has 4 heteroatoms. The van der Waals surface area contributed by atoms with Crippen LogP contribution in [0.5, 0.6) is 5.75 Å². The summed E-state index contributed by atoms with van der Waals surface area (Å²) in [5.74, 6) is 1.09. The Morgan fingerprint density at radius 3 is 2.20 bits per heavy atom. The van der Waals surface area contributed by atoms with Gasteiger partial charge in [-0.2, -0.15) is 0 Å². The maximum atomic E-state index is 12.9. The predicted octanol–water partition coefficient (Wildman–Crippen LogP) is 3.54. The lowest BCUT2D eigenvalue weighted by atomic mass is 9.95. The van der Waals surface area contributed by atoms with Gasteiger partial charge in [-0.15, -0.1) is 0 Å². The minimum Gasteiger partial charge on any atom is -0.497 e. The highest BCUT2D eigenvalue weighted by Crippen LogP contribution is 2.24. The highest BCUT2D eigenvalue weighted by atomic mass is 16.5. The van der Waals surface area contributed by atoms with Crippen LogP contribution in [0.25, 0.3) is 0 Å². The van der Waals surface area contributed by atoms with E-state index >= 15 is 0 Å². The Kier molecular flexibility index (Phi) is 5.59. The number of nitrogens with zero attached hydrogens (tertiary/aromatic N) is 2. The quantitative estimate of drug-likeness (QED) is 0.836. The van der Waals surface area contributed by atoms with Gasteiger partial charge in [-0.25, -0.2) is 0 Å². The molecule has 0 bridgehead atoms. The zero-order chi connectivity index (χ0) is 17.6. The van der Waals surface area contributed by atoms with Crippen LogP contribution in [0, 0.1) is 0 Å². The number of carbonyl (C=O) groups excluding carboxylic acids is 1. The molecular formula is C21H26N2O2. The molecule has 0 aromatic heterocycles.